The predicted molar refractivity (Wildman–Crippen MR) is 131 cm³/mol. The van der Waals surface area contributed by atoms with E-state index in [9.17, 15) is 4.79 Å². The molecule has 9 heteroatoms. The lowest BCUT2D eigenvalue weighted by atomic mass is 10.1. The maximum atomic E-state index is 12.7. The van der Waals surface area contributed by atoms with Crippen molar-refractivity contribution in [2.24, 2.45) is 0 Å². The number of carbonyl (C=O) groups is 1. The lowest BCUT2D eigenvalue weighted by molar-refractivity contribution is 0.102. The molecule has 4 rings (SSSR count). The van der Waals surface area contributed by atoms with Crippen LogP contribution in [0.15, 0.2) is 54.6 Å². The van der Waals surface area contributed by atoms with Crippen LogP contribution in [0.25, 0.3) is 5.82 Å². The van der Waals surface area contributed by atoms with E-state index in [1.54, 1.807) is 49.2 Å². The van der Waals surface area contributed by atoms with Gasteiger partial charge in [0.05, 0.1) is 19.9 Å². The standard InChI is InChI=1S/C25H26N6O3/c1-15-16(2)30-31(17(15)3)24-11-10-23(28-29-24)26-19-6-8-20(9-7-19)27-25(32)18-12-21(33-4)14-22(13-18)34-5/h6-14H,1-5H3,(H,26,28)(H,27,32). The summed E-state index contributed by atoms with van der Waals surface area (Å²) in [5.74, 6) is 2.08. The number of hydrogen-bond donors (Lipinski definition) is 2. The first-order valence-electron chi connectivity index (χ1n) is 10.7. The molecule has 0 radical (unpaired) electrons. The molecule has 0 fully saturated rings. The number of amides is 1. The second kappa shape index (κ2) is 9.62. The van der Waals surface area contributed by atoms with Gasteiger partial charge in [0.25, 0.3) is 5.91 Å². The molecule has 0 spiro atoms. The van der Waals surface area contributed by atoms with Crippen molar-refractivity contribution in [3.63, 3.8) is 0 Å². The van der Waals surface area contributed by atoms with Gasteiger partial charge in [0, 0.05) is 28.7 Å². The molecule has 0 bridgehead atoms. The van der Waals surface area contributed by atoms with Crippen LogP contribution in [0.3, 0.4) is 0 Å². The second-order valence-electron chi connectivity index (χ2n) is 7.74. The molecule has 9 nitrogen and oxygen atoms in total. The number of hydrogen-bond acceptors (Lipinski definition) is 7. The van der Waals surface area contributed by atoms with Gasteiger partial charge in [-0.25, -0.2) is 4.68 Å². The molecule has 0 saturated carbocycles. The van der Waals surface area contributed by atoms with Gasteiger partial charge >= 0.3 is 0 Å². The number of methoxy groups -OCH3 is 2. The molecule has 4 aromatic rings. The highest BCUT2D eigenvalue weighted by Crippen LogP contribution is 2.24. The topological polar surface area (TPSA) is 103 Å². The van der Waals surface area contributed by atoms with E-state index in [0.717, 1.165) is 22.6 Å². The molecular weight excluding hydrogens is 432 g/mol. The maximum Gasteiger partial charge on any atom is 0.255 e. The average Bonchev–Trinajstić information content (AvgIpc) is 3.12. The Balaban J connectivity index is 1.42. The molecule has 1 amide bonds. The lowest BCUT2D eigenvalue weighted by Gasteiger charge is -2.10. The zero-order valence-electron chi connectivity index (χ0n) is 19.7. The van der Waals surface area contributed by atoms with Crippen LogP contribution in [-0.4, -0.2) is 40.1 Å². The first-order valence-corrected chi connectivity index (χ1v) is 10.7. The second-order valence-corrected chi connectivity index (χ2v) is 7.74. The highest BCUT2D eigenvalue weighted by molar-refractivity contribution is 6.04. The quantitative estimate of drug-likeness (QED) is 0.417. The number of aromatic nitrogens is 4. The van der Waals surface area contributed by atoms with Crippen molar-refractivity contribution in [1.29, 1.82) is 0 Å². The summed E-state index contributed by atoms with van der Waals surface area (Å²) in [5.41, 5.74) is 5.05. The highest BCUT2D eigenvalue weighted by Gasteiger charge is 2.12. The van der Waals surface area contributed by atoms with Gasteiger partial charge < -0.3 is 20.1 Å². The van der Waals surface area contributed by atoms with E-state index in [2.05, 4.69) is 25.9 Å². The van der Waals surface area contributed by atoms with Crippen molar-refractivity contribution >= 4 is 23.1 Å². The fourth-order valence-corrected chi connectivity index (χ4v) is 3.38. The number of nitrogens with one attached hydrogen (secondary N) is 2. The molecule has 2 N–H and O–H groups in total. The van der Waals surface area contributed by atoms with Crippen LogP contribution in [0.2, 0.25) is 0 Å². The molecule has 0 atom stereocenters. The van der Waals surface area contributed by atoms with Crippen LogP contribution in [0, 0.1) is 20.8 Å². The Kier molecular flexibility index (Phi) is 6.44. The minimum Gasteiger partial charge on any atom is -0.497 e. The monoisotopic (exact) mass is 458 g/mol. The van der Waals surface area contributed by atoms with Crippen molar-refractivity contribution in [2.45, 2.75) is 20.8 Å². The van der Waals surface area contributed by atoms with Crippen molar-refractivity contribution in [3.05, 3.63) is 77.1 Å². The summed E-state index contributed by atoms with van der Waals surface area (Å²) in [6.45, 7) is 6.02. The molecular formula is C25H26N6O3. The fourth-order valence-electron chi connectivity index (χ4n) is 3.38. The van der Waals surface area contributed by atoms with Crippen molar-refractivity contribution < 1.29 is 14.3 Å². The summed E-state index contributed by atoms with van der Waals surface area (Å²) in [5, 5.41) is 19.1. The van der Waals surface area contributed by atoms with Crippen LogP contribution in [0.1, 0.15) is 27.3 Å². The van der Waals surface area contributed by atoms with E-state index in [1.807, 2.05) is 45.0 Å². The van der Waals surface area contributed by atoms with Gasteiger partial charge in [0.15, 0.2) is 11.6 Å². The number of benzene rings is 2. The number of anilines is 3. The summed E-state index contributed by atoms with van der Waals surface area (Å²) in [6.07, 6.45) is 0. The van der Waals surface area contributed by atoms with Crippen LogP contribution in [0.4, 0.5) is 17.2 Å². The van der Waals surface area contributed by atoms with Crippen molar-refractivity contribution in [1.82, 2.24) is 20.0 Å². The third-order valence-electron chi connectivity index (χ3n) is 5.55. The SMILES string of the molecule is COc1cc(OC)cc(C(=O)Nc2ccc(Nc3ccc(-n4nc(C)c(C)c4C)nn3)cc2)c1. The maximum absolute atomic E-state index is 12.7. The van der Waals surface area contributed by atoms with Gasteiger partial charge in [-0.15, -0.1) is 10.2 Å². The summed E-state index contributed by atoms with van der Waals surface area (Å²) in [4.78, 5) is 12.7. The van der Waals surface area contributed by atoms with E-state index in [4.69, 9.17) is 9.47 Å². The van der Waals surface area contributed by atoms with Gasteiger partial charge in [-0.05, 0) is 74.9 Å². The van der Waals surface area contributed by atoms with Crippen LogP contribution in [0.5, 0.6) is 11.5 Å². The first-order chi connectivity index (χ1) is 16.4. The minimum absolute atomic E-state index is 0.265. The molecule has 2 aromatic carbocycles. The van der Waals surface area contributed by atoms with Gasteiger partial charge in [0.2, 0.25) is 0 Å². The Labute approximate surface area is 197 Å². The highest BCUT2D eigenvalue weighted by atomic mass is 16.5. The zero-order chi connectivity index (χ0) is 24.2. The Morgan fingerprint density at radius 1 is 0.853 bits per heavy atom. The summed E-state index contributed by atoms with van der Waals surface area (Å²) < 4.78 is 12.2. The third-order valence-corrected chi connectivity index (χ3v) is 5.55. The predicted octanol–water partition coefficient (Wildman–Crippen LogP) is 4.60. The first kappa shape index (κ1) is 22.8. The van der Waals surface area contributed by atoms with Gasteiger partial charge in [-0.3, -0.25) is 4.79 Å². The summed E-state index contributed by atoms with van der Waals surface area (Å²) in [6, 6.07) is 16.0. The Hall–Kier alpha value is -4.40. The van der Waals surface area contributed by atoms with Crippen molar-refractivity contribution in [2.75, 3.05) is 24.9 Å². The molecule has 0 aliphatic heterocycles. The molecule has 2 aromatic heterocycles. The van der Waals surface area contributed by atoms with E-state index in [1.165, 1.54) is 0 Å². The number of rotatable bonds is 7. The van der Waals surface area contributed by atoms with E-state index in [-0.39, 0.29) is 5.91 Å². The molecule has 0 unspecified atom stereocenters. The van der Waals surface area contributed by atoms with Gasteiger partial charge in [-0.2, -0.15) is 5.10 Å². The number of nitrogens with zero attached hydrogens (tertiary/aromatic N) is 4. The fraction of sp³-hybridized carbons (Fsp3) is 0.200. The van der Waals surface area contributed by atoms with Crippen LogP contribution >= 0.6 is 0 Å². The third kappa shape index (κ3) is 4.83. The normalized spacial score (nSPS) is 10.6. The largest absolute Gasteiger partial charge is 0.497 e. The average molecular weight is 459 g/mol. The summed E-state index contributed by atoms with van der Waals surface area (Å²) >= 11 is 0. The lowest BCUT2D eigenvalue weighted by Crippen LogP contribution is -2.12. The van der Waals surface area contributed by atoms with E-state index < -0.39 is 0 Å². The van der Waals surface area contributed by atoms with Crippen LogP contribution in [-0.2, 0) is 0 Å². The minimum atomic E-state index is -0.265. The number of ether oxygens (including phenoxy) is 2. The van der Waals surface area contributed by atoms with E-state index in [0.29, 0.717) is 34.4 Å². The number of aryl methyl sites for hydroxylation is 1. The Morgan fingerprint density at radius 3 is 2.03 bits per heavy atom. The smallest absolute Gasteiger partial charge is 0.255 e. The molecule has 0 saturated heterocycles. The van der Waals surface area contributed by atoms with Gasteiger partial charge in [-0.1, -0.05) is 0 Å². The van der Waals surface area contributed by atoms with Crippen molar-refractivity contribution in [3.8, 4) is 17.3 Å². The zero-order valence-corrected chi connectivity index (χ0v) is 19.7. The molecule has 2 heterocycles. The Morgan fingerprint density at radius 2 is 1.50 bits per heavy atom. The van der Waals surface area contributed by atoms with E-state index >= 15 is 0 Å². The molecule has 0 aliphatic rings. The molecule has 174 valence electrons. The van der Waals surface area contributed by atoms with Crippen LogP contribution < -0.4 is 20.1 Å². The number of carbonyl (C=O) groups excluding carboxylic acids is 1. The molecule has 0 aliphatic carbocycles. The molecule has 34 heavy (non-hydrogen) atoms. The Bertz CT molecular complexity index is 1290. The summed E-state index contributed by atoms with van der Waals surface area (Å²) in [7, 11) is 3.08. The van der Waals surface area contributed by atoms with Gasteiger partial charge in [0.1, 0.15) is 11.5 Å².